The van der Waals surface area contributed by atoms with Gasteiger partial charge in [-0.3, -0.25) is 14.6 Å². The Kier molecular flexibility index (Phi) is 8.04. The molecule has 0 atom stereocenters. The highest BCUT2D eigenvalue weighted by Gasteiger charge is 2.06. The predicted molar refractivity (Wildman–Crippen MR) is 82.9 cm³/mol. The van der Waals surface area contributed by atoms with E-state index >= 15 is 0 Å². The van der Waals surface area contributed by atoms with Crippen LogP contribution >= 0.6 is 0 Å². The number of anilines is 1. The lowest BCUT2D eigenvalue weighted by atomic mass is 10.3. The summed E-state index contributed by atoms with van der Waals surface area (Å²) in [5.41, 5.74) is 0.711. The molecule has 1 aromatic rings. The number of nitrogens with one attached hydrogen (secondary N) is 2. The summed E-state index contributed by atoms with van der Waals surface area (Å²) < 4.78 is 0. The van der Waals surface area contributed by atoms with Crippen LogP contribution in [0.15, 0.2) is 24.5 Å². The lowest BCUT2D eigenvalue weighted by molar-refractivity contribution is -0.121. The monoisotopic (exact) mass is 292 g/mol. The molecule has 0 spiro atoms. The van der Waals surface area contributed by atoms with Gasteiger partial charge in [0, 0.05) is 44.0 Å². The van der Waals surface area contributed by atoms with E-state index in [1.807, 2.05) is 7.05 Å². The molecule has 21 heavy (non-hydrogen) atoms. The van der Waals surface area contributed by atoms with Gasteiger partial charge in [0.05, 0.1) is 0 Å². The molecule has 0 aromatic carbocycles. The third kappa shape index (κ3) is 8.04. The van der Waals surface area contributed by atoms with Gasteiger partial charge >= 0.3 is 0 Å². The van der Waals surface area contributed by atoms with E-state index in [0.717, 1.165) is 19.5 Å². The molecule has 6 nitrogen and oxygen atoms in total. The van der Waals surface area contributed by atoms with E-state index in [9.17, 15) is 9.59 Å². The molecule has 0 radical (unpaired) electrons. The van der Waals surface area contributed by atoms with Crippen molar-refractivity contribution in [3.63, 3.8) is 0 Å². The molecule has 0 aliphatic carbocycles. The first kappa shape index (κ1) is 17.1. The average Bonchev–Trinajstić information content (AvgIpc) is 2.46. The van der Waals surface area contributed by atoms with Gasteiger partial charge in [-0.1, -0.05) is 6.92 Å². The standard InChI is InChI=1S/C15H24N4O2/c1-3-11-19(2)12-7-14(20)17-10-6-15(21)18-13-4-8-16-9-5-13/h4-5,8-9H,3,6-7,10-12H2,1-2H3,(H,17,20)(H,16,18,21). The Labute approximate surface area is 125 Å². The van der Waals surface area contributed by atoms with Crippen LogP contribution in [0.25, 0.3) is 0 Å². The van der Waals surface area contributed by atoms with Crippen LogP contribution in [0.5, 0.6) is 0 Å². The molecule has 0 fully saturated rings. The van der Waals surface area contributed by atoms with Crippen LogP contribution in [-0.2, 0) is 9.59 Å². The van der Waals surface area contributed by atoms with Crippen molar-refractivity contribution in [1.82, 2.24) is 15.2 Å². The zero-order valence-electron chi connectivity index (χ0n) is 12.8. The van der Waals surface area contributed by atoms with Gasteiger partial charge in [-0.2, -0.15) is 0 Å². The van der Waals surface area contributed by atoms with Crippen LogP contribution in [0.1, 0.15) is 26.2 Å². The quantitative estimate of drug-likeness (QED) is 0.718. The van der Waals surface area contributed by atoms with Gasteiger partial charge in [0.15, 0.2) is 0 Å². The Morgan fingerprint density at radius 2 is 1.86 bits per heavy atom. The molecule has 116 valence electrons. The fraction of sp³-hybridized carbons (Fsp3) is 0.533. The fourth-order valence-electron chi connectivity index (χ4n) is 1.85. The molecule has 2 amide bonds. The lowest BCUT2D eigenvalue weighted by Crippen LogP contribution is -2.31. The average molecular weight is 292 g/mol. The molecular formula is C15H24N4O2. The van der Waals surface area contributed by atoms with Crippen molar-refractivity contribution in [3.8, 4) is 0 Å². The van der Waals surface area contributed by atoms with E-state index in [-0.39, 0.29) is 18.2 Å². The molecule has 2 N–H and O–H groups in total. The van der Waals surface area contributed by atoms with E-state index < -0.39 is 0 Å². The van der Waals surface area contributed by atoms with Crippen LogP contribution in [0.2, 0.25) is 0 Å². The molecule has 6 heteroatoms. The highest BCUT2D eigenvalue weighted by molar-refractivity contribution is 5.91. The number of aromatic nitrogens is 1. The fourth-order valence-corrected chi connectivity index (χ4v) is 1.85. The molecule has 0 bridgehead atoms. The normalized spacial score (nSPS) is 10.4. The van der Waals surface area contributed by atoms with E-state index in [1.54, 1.807) is 24.5 Å². The van der Waals surface area contributed by atoms with Crippen molar-refractivity contribution in [1.29, 1.82) is 0 Å². The molecule has 0 saturated heterocycles. The van der Waals surface area contributed by atoms with Gasteiger partial charge in [-0.15, -0.1) is 0 Å². The highest BCUT2D eigenvalue weighted by Crippen LogP contribution is 2.03. The molecular weight excluding hydrogens is 268 g/mol. The van der Waals surface area contributed by atoms with Gasteiger partial charge in [-0.05, 0) is 32.1 Å². The van der Waals surface area contributed by atoms with E-state index in [0.29, 0.717) is 18.7 Å². The Bertz CT molecular complexity index is 437. The van der Waals surface area contributed by atoms with Crippen molar-refractivity contribution in [2.45, 2.75) is 26.2 Å². The Morgan fingerprint density at radius 1 is 1.14 bits per heavy atom. The minimum atomic E-state index is -0.121. The largest absolute Gasteiger partial charge is 0.356 e. The SMILES string of the molecule is CCCN(C)CCC(=O)NCCC(=O)Nc1ccncc1. The van der Waals surface area contributed by atoms with Crippen molar-refractivity contribution >= 4 is 17.5 Å². The van der Waals surface area contributed by atoms with Crippen molar-refractivity contribution in [2.75, 3.05) is 32.0 Å². The smallest absolute Gasteiger partial charge is 0.226 e. The molecule has 1 rings (SSSR count). The number of carbonyl (C=O) groups excluding carboxylic acids is 2. The number of amides is 2. The second kappa shape index (κ2) is 9.88. The molecule has 0 saturated carbocycles. The minimum Gasteiger partial charge on any atom is -0.356 e. The summed E-state index contributed by atoms with van der Waals surface area (Å²) >= 11 is 0. The number of nitrogens with zero attached hydrogens (tertiary/aromatic N) is 2. The summed E-state index contributed by atoms with van der Waals surface area (Å²) in [5.74, 6) is -0.140. The number of hydrogen-bond donors (Lipinski definition) is 2. The summed E-state index contributed by atoms with van der Waals surface area (Å²) in [5, 5.41) is 5.50. The van der Waals surface area contributed by atoms with E-state index in [2.05, 4.69) is 27.4 Å². The third-order valence-corrected chi connectivity index (χ3v) is 2.96. The molecule has 1 aromatic heterocycles. The molecule has 1 heterocycles. The molecule has 0 unspecified atom stereocenters. The van der Waals surface area contributed by atoms with Gasteiger partial charge < -0.3 is 15.5 Å². The van der Waals surface area contributed by atoms with Crippen LogP contribution in [-0.4, -0.2) is 48.4 Å². The number of pyridine rings is 1. The Balaban J connectivity index is 2.12. The van der Waals surface area contributed by atoms with Crippen LogP contribution < -0.4 is 10.6 Å². The van der Waals surface area contributed by atoms with Crippen molar-refractivity contribution in [3.05, 3.63) is 24.5 Å². The first-order valence-electron chi connectivity index (χ1n) is 7.27. The minimum absolute atomic E-state index is 0.0188. The summed E-state index contributed by atoms with van der Waals surface area (Å²) in [6, 6.07) is 3.44. The van der Waals surface area contributed by atoms with E-state index in [4.69, 9.17) is 0 Å². The Hall–Kier alpha value is -1.95. The van der Waals surface area contributed by atoms with Crippen molar-refractivity contribution < 1.29 is 9.59 Å². The van der Waals surface area contributed by atoms with Gasteiger partial charge in [0.25, 0.3) is 0 Å². The predicted octanol–water partition coefficient (Wildman–Crippen LogP) is 1.26. The molecule has 0 aliphatic heterocycles. The van der Waals surface area contributed by atoms with Gasteiger partial charge in [-0.25, -0.2) is 0 Å². The molecule has 0 aliphatic rings. The maximum atomic E-state index is 11.7. The number of carbonyl (C=O) groups is 2. The topological polar surface area (TPSA) is 74.3 Å². The second-order valence-electron chi connectivity index (χ2n) is 4.94. The van der Waals surface area contributed by atoms with Crippen LogP contribution in [0.3, 0.4) is 0 Å². The number of hydrogen-bond acceptors (Lipinski definition) is 4. The highest BCUT2D eigenvalue weighted by atomic mass is 16.2. The lowest BCUT2D eigenvalue weighted by Gasteiger charge is -2.14. The first-order chi connectivity index (χ1) is 10.1. The Morgan fingerprint density at radius 3 is 2.52 bits per heavy atom. The third-order valence-electron chi connectivity index (χ3n) is 2.96. The second-order valence-corrected chi connectivity index (χ2v) is 4.94. The summed E-state index contributed by atoms with van der Waals surface area (Å²) in [4.78, 5) is 29.3. The van der Waals surface area contributed by atoms with Crippen molar-refractivity contribution in [2.24, 2.45) is 0 Å². The maximum absolute atomic E-state index is 11.7. The summed E-state index contributed by atoms with van der Waals surface area (Å²) in [6.07, 6.45) is 5.03. The first-order valence-corrected chi connectivity index (χ1v) is 7.27. The summed E-state index contributed by atoms with van der Waals surface area (Å²) in [6.45, 7) is 4.19. The zero-order valence-corrected chi connectivity index (χ0v) is 12.8. The number of rotatable bonds is 9. The van der Waals surface area contributed by atoms with Crippen LogP contribution in [0.4, 0.5) is 5.69 Å². The zero-order chi connectivity index (χ0) is 15.5. The van der Waals surface area contributed by atoms with Crippen LogP contribution in [0, 0.1) is 0 Å². The maximum Gasteiger partial charge on any atom is 0.226 e. The van der Waals surface area contributed by atoms with E-state index in [1.165, 1.54) is 0 Å². The van der Waals surface area contributed by atoms with Gasteiger partial charge in [0.1, 0.15) is 0 Å². The summed E-state index contributed by atoms with van der Waals surface area (Å²) in [7, 11) is 2.00. The van der Waals surface area contributed by atoms with Gasteiger partial charge in [0.2, 0.25) is 11.8 Å².